The molecule has 1 atom stereocenters. The molecule has 0 heterocycles. The number of benzene rings is 1. The van der Waals surface area contributed by atoms with Crippen molar-refractivity contribution in [2.24, 2.45) is 5.92 Å². The molecule has 4 heteroatoms. The van der Waals surface area contributed by atoms with Gasteiger partial charge in [-0.1, -0.05) is 26.3 Å². The molecule has 0 aromatic heterocycles. The van der Waals surface area contributed by atoms with Gasteiger partial charge in [0, 0.05) is 20.2 Å². The molecule has 0 saturated carbocycles. The molecule has 1 aromatic carbocycles. The van der Waals surface area contributed by atoms with E-state index in [1.807, 2.05) is 6.07 Å². The molecule has 3 nitrogen and oxygen atoms in total. The topological polar surface area (TPSA) is 30.5 Å². The first-order valence-corrected chi connectivity index (χ1v) is 7.28. The molecule has 0 fully saturated rings. The van der Waals surface area contributed by atoms with Crippen molar-refractivity contribution in [2.45, 2.75) is 33.2 Å². The first kappa shape index (κ1) is 16.9. The summed E-state index contributed by atoms with van der Waals surface area (Å²) < 4.78 is 24.4. The largest absolute Gasteiger partial charge is 0.490 e. The zero-order valence-corrected chi connectivity index (χ0v) is 12.7. The van der Waals surface area contributed by atoms with Gasteiger partial charge in [-0.05, 0) is 30.0 Å². The number of hydrogen-bond acceptors (Lipinski definition) is 3. The highest BCUT2D eigenvalue weighted by molar-refractivity contribution is 5.29. The second-order valence-corrected chi connectivity index (χ2v) is 5.14. The van der Waals surface area contributed by atoms with E-state index in [1.165, 1.54) is 6.07 Å². The Hall–Kier alpha value is -1.13. The van der Waals surface area contributed by atoms with Crippen molar-refractivity contribution in [3.8, 4) is 5.75 Å². The Labute approximate surface area is 121 Å². The maximum atomic E-state index is 13.9. The van der Waals surface area contributed by atoms with Crippen molar-refractivity contribution in [3.63, 3.8) is 0 Å². The van der Waals surface area contributed by atoms with Crippen LogP contribution in [0.3, 0.4) is 0 Å². The summed E-state index contributed by atoms with van der Waals surface area (Å²) in [6.45, 7) is 6.87. The number of rotatable bonds is 10. The van der Waals surface area contributed by atoms with Crippen LogP contribution in [0.1, 0.15) is 32.3 Å². The monoisotopic (exact) mass is 283 g/mol. The van der Waals surface area contributed by atoms with Gasteiger partial charge in [0.2, 0.25) is 0 Å². The quantitative estimate of drug-likeness (QED) is 0.668. The van der Waals surface area contributed by atoms with Gasteiger partial charge in [0.25, 0.3) is 0 Å². The van der Waals surface area contributed by atoms with E-state index >= 15 is 0 Å². The number of methoxy groups -OCH3 is 1. The van der Waals surface area contributed by atoms with E-state index in [0.29, 0.717) is 31.4 Å². The number of ether oxygens (including phenoxy) is 2. The maximum absolute atomic E-state index is 13.9. The van der Waals surface area contributed by atoms with E-state index < -0.39 is 0 Å². The van der Waals surface area contributed by atoms with Gasteiger partial charge in [-0.25, -0.2) is 4.39 Å². The molecule has 0 bridgehead atoms. The van der Waals surface area contributed by atoms with Crippen LogP contribution in [0, 0.1) is 11.7 Å². The summed E-state index contributed by atoms with van der Waals surface area (Å²) in [5, 5.41) is 3.18. The van der Waals surface area contributed by atoms with Crippen molar-refractivity contribution < 1.29 is 13.9 Å². The van der Waals surface area contributed by atoms with Gasteiger partial charge >= 0.3 is 0 Å². The third kappa shape index (κ3) is 6.35. The third-order valence-corrected chi connectivity index (χ3v) is 3.11. The van der Waals surface area contributed by atoms with Gasteiger partial charge in [-0.3, -0.25) is 0 Å². The van der Waals surface area contributed by atoms with E-state index in [0.717, 1.165) is 24.9 Å². The SMILES string of the molecule is CCCC(C)COc1ccc(CNCCOC)cc1F. The van der Waals surface area contributed by atoms with E-state index in [4.69, 9.17) is 9.47 Å². The first-order valence-electron chi connectivity index (χ1n) is 7.28. The summed E-state index contributed by atoms with van der Waals surface area (Å²) in [7, 11) is 1.66. The molecule has 1 rings (SSSR count). The van der Waals surface area contributed by atoms with E-state index in [9.17, 15) is 4.39 Å². The van der Waals surface area contributed by atoms with Crippen molar-refractivity contribution in [1.82, 2.24) is 5.32 Å². The Morgan fingerprint density at radius 1 is 1.35 bits per heavy atom. The first-order chi connectivity index (χ1) is 9.67. The van der Waals surface area contributed by atoms with E-state index in [1.54, 1.807) is 13.2 Å². The van der Waals surface area contributed by atoms with E-state index in [-0.39, 0.29) is 5.82 Å². The van der Waals surface area contributed by atoms with Gasteiger partial charge in [0.1, 0.15) is 0 Å². The summed E-state index contributed by atoms with van der Waals surface area (Å²) in [5.41, 5.74) is 0.910. The average Bonchev–Trinajstić information content (AvgIpc) is 2.43. The highest BCUT2D eigenvalue weighted by atomic mass is 19.1. The molecule has 1 aromatic rings. The molecule has 0 amide bonds. The lowest BCUT2D eigenvalue weighted by atomic mass is 10.1. The van der Waals surface area contributed by atoms with Gasteiger partial charge < -0.3 is 14.8 Å². The van der Waals surface area contributed by atoms with Crippen LogP contribution in [-0.2, 0) is 11.3 Å². The average molecular weight is 283 g/mol. The predicted octanol–water partition coefficient (Wildman–Crippen LogP) is 3.38. The smallest absolute Gasteiger partial charge is 0.165 e. The maximum Gasteiger partial charge on any atom is 0.165 e. The summed E-state index contributed by atoms with van der Waals surface area (Å²) in [6, 6.07) is 5.13. The van der Waals surface area contributed by atoms with Gasteiger partial charge in [0.05, 0.1) is 13.2 Å². The minimum Gasteiger partial charge on any atom is -0.490 e. The molecule has 20 heavy (non-hydrogen) atoms. The second kappa shape index (κ2) is 9.72. The number of halogens is 1. The fraction of sp³-hybridized carbons (Fsp3) is 0.625. The number of nitrogens with one attached hydrogen (secondary N) is 1. The van der Waals surface area contributed by atoms with Crippen molar-refractivity contribution >= 4 is 0 Å². The lowest BCUT2D eigenvalue weighted by Gasteiger charge is -2.13. The summed E-state index contributed by atoms with van der Waals surface area (Å²) in [5.74, 6) is 0.503. The zero-order valence-electron chi connectivity index (χ0n) is 12.7. The van der Waals surface area contributed by atoms with Crippen molar-refractivity contribution in [1.29, 1.82) is 0 Å². The molecular weight excluding hydrogens is 257 g/mol. The van der Waals surface area contributed by atoms with Crippen LogP contribution in [0.5, 0.6) is 5.75 Å². The standard InChI is InChI=1S/C16H26FNO2/c1-4-5-13(2)12-20-16-7-6-14(10-15(16)17)11-18-8-9-19-3/h6-7,10,13,18H,4-5,8-9,11-12H2,1-3H3. The molecule has 0 spiro atoms. The van der Waals surface area contributed by atoms with Crippen LogP contribution >= 0.6 is 0 Å². The summed E-state index contributed by atoms with van der Waals surface area (Å²) in [4.78, 5) is 0. The highest BCUT2D eigenvalue weighted by Crippen LogP contribution is 2.19. The minimum atomic E-state index is -0.292. The lowest BCUT2D eigenvalue weighted by molar-refractivity contribution is 0.199. The van der Waals surface area contributed by atoms with Crippen LogP contribution in [0.25, 0.3) is 0 Å². The summed E-state index contributed by atoms with van der Waals surface area (Å²) in [6.07, 6.45) is 2.22. The highest BCUT2D eigenvalue weighted by Gasteiger charge is 2.07. The van der Waals surface area contributed by atoms with Crippen LogP contribution < -0.4 is 10.1 Å². The molecule has 0 saturated heterocycles. The minimum absolute atomic E-state index is 0.292. The fourth-order valence-electron chi connectivity index (χ4n) is 1.99. The molecule has 0 radical (unpaired) electrons. The Balaban J connectivity index is 2.42. The summed E-state index contributed by atoms with van der Waals surface area (Å²) >= 11 is 0. The Morgan fingerprint density at radius 3 is 2.80 bits per heavy atom. The van der Waals surface area contributed by atoms with Gasteiger partial charge in [-0.2, -0.15) is 0 Å². The Bertz CT molecular complexity index is 385. The zero-order chi connectivity index (χ0) is 14.8. The Kier molecular flexibility index (Phi) is 8.23. The van der Waals surface area contributed by atoms with Gasteiger partial charge in [0.15, 0.2) is 11.6 Å². The molecule has 114 valence electrons. The van der Waals surface area contributed by atoms with Crippen LogP contribution in [0.4, 0.5) is 4.39 Å². The molecule has 0 aliphatic heterocycles. The normalized spacial score (nSPS) is 12.4. The molecule has 1 N–H and O–H groups in total. The third-order valence-electron chi connectivity index (χ3n) is 3.11. The second-order valence-electron chi connectivity index (χ2n) is 5.14. The molecule has 0 aliphatic carbocycles. The molecule has 1 unspecified atom stereocenters. The lowest BCUT2D eigenvalue weighted by Crippen LogP contribution is -2.18. The Morgan fingerprint density at radius 2 is 2.15 bits per heavy atom. The molecule has 0 aliphatic rings. The van der Waals surface area contributed by atoms with E-state index in [2.05, 4.69) is 19.2 Å². The number of hydrogen-bond donors (Lipinski definition) is 1. The van der Waals surface area contributed by atoms with Crippen LogP contribution in [0.15, 0.2) is 18.2 Å². The van der Waals surface area contributed by atoms with Crippen molar-refractivity contribution in [2.75, 3.05) is 26.9 Å². The van der Waals surface area contributed by atoms with Crippen LogP contribution in [0.2, 0.25) is 0 Å². The fourth-order valence-corrected chi connectivity index (χ4v) is 1.99. The van der Waals surface area contributed by atoms with Gasteiger partial charge in [-0.15, -0.1) is 0 Å². The molecular formula is C16H26FNO2. The predicted molar refractivity (Wildman–Crippen MR) is 79.5 cm³/mol. The van der Waals surface area contributed by atoms with Crippen LogP contribution in [-0.4, -0.2) is 26.9 Å². The van der Waals surface area contributed by atoms with Crippen molar-refractivity contribution in [3.05, 3.63) is 29.6 Å².